The fourth-order valence-electron chi connectivity index (χ4n) is 5.82. The Morgan fingerprint density at radius 1 is 1.04 bits per heavy atom. The lowest BCUT2D eigenvalue weighted by atomic mass is 9.85. The number of aliphatic hydroxyl groups is 3. The van der Waals surface area contributed by atoms with Gasteiger partial charge in [0.05, 0.1) is 55.1 Å². The molecule has 0 aromatic heterocycles. The summed E-state index contributed by atoms with van der Waals surface area (Å²) in [5.74, 6) is -4.31. The molecule has 0 aromatic carbocycles. The Bertz CT molecular complexity index is 1150. The van der Waals surface area contributed by atoms with Crippen LogP contribution in [0.3, 0.4) is 0 Å². The lowest BCUT2D eigenvalue weighted by Gasteiger charge is -2.42. The van der Waals surface area contributed by atoms with E-state index in [0.29, 0.717) is 6.42 Å². The molecule has 2 bridgehead atoms. The molecule has 0 aliphatic carbocycles. The zero-order valence-electron chi connectivity index (χ0n) is 26.0. The number of carbonyl (C=O) groups is 2. The van der Waals surface area contributed by atoms with Crippen LogP contribution in [-0.2, 0) is 33.3 Å². The van der Waals surface area contributed by atoms with Crippen molar-refractivity contribution >= 4 is 11.9 Å². The van der Waals surface area contributed by atoms with Crippen LogP contribution in [0.4, 0.5) is 0 Å². The minimum absolute atomic E-state index is 0.00140. The van der Waals surface area contributed by atoms with Crippen LogP contribution in [0.15, 0.2) is 60.8 Å². The molecule has 12 atom stereocenters. The van der Waals surface area contributed by atoms with E-state index >= 15 is 0 Å². The highest BCUT2D eigenvalue weighted by atomic mass is 16.7. The minimum Gasteiger partial charge on any atom is -0.481 e. The van der Waals surface area contributed by atoms with Crippen LogP contribution in [0, 0.1) is 5.92 Å². The number of aliphatic carboxylic acids is 1. The fraction of sp³-hybridized carbons (Fsp3) is 0.636. The molecule has 250 valence electrons. The zero-order chi connectivity index (χ0) is 32.6. The van der Waals surface area contributed by atoms with Gasteiger partial charge in [0.2, 0.25) is 0 Å². The average Bonchev–Trinajstić information content (AvgIpc) is 3.78. The molecule has 4 rings (SSSR count). The molecule has 45 heavy (non-hydrogen) atoms. The van der Waals surface area contributed by atoms with Crippen molar-refractivity contribution in [1.29, 1.82) is 0 Å². The Balaban J connectivity index is 1.53. The van der Waals surface area contributed by atoms with Gasteiger partial charge in [-0.25, -0.2) is 4.79 Å². The van der Waals surface area contributed by atoms with Crippen LogP contribution in [0.5, 0.6) is 0 Å². The van der Waals surface area contributed by atoms with E-state index in [4.69, 9.17) is 23.7 Å². The number of ether oxygens (including phenoxy) is 5. The molecule has 0 spiro atoms. The number of hydrogen-bond donors (Lipinski definition) is 5. The molecule has 0 radical (unpaired) electrons. The van der Waals surface area contributed by atoms with E-state index in [1.54, 1.807) is 38.2 Å². The third-order valence-corrected chi connectivity index (χ3v) is 8.33. The molecule has 5 unspecified atom stereocenters. The summed E-state index contributed by atoms with van der Waals surface area (Å²) >= 11 is 0. The Morgan fingerprint density at radius 3 is 2.53 bits per heavy atom. The highest BCUT2D eigenvalue weighted by Crippen LogP contribution is 2.38. The number of carboxylic acids is 1. The Morgan fingerprint density at radius 2 is 1.78 bits per heavy atom. The van der Waals surface area contributed by atoms with Crippen molar-refractivity contribution in [3.05, 3.63) is 60.8 Å². The van der Waals surface area contributed by atoms with Gasteiger partial charge >= 0.3 is 11.9 Å². The molecular formula is C33H47NO11. The number of esters is 1. The van der Waals surface area contributed by atoms with Gasteiger partial charge in [-0.05, 0) is 33.3 Å². The first kappa shape index (κ1) is 35.2. The largest absolute Gasteiger partial charge is 0.481 e. The number of cyclic esters (lactones) is 1. The number of fused-ring (bicyclic) bond motifs is 3. The molecule has 4 aliphatic rings. The predicted octanol–water partition coefficient (Wildman–Crippen LogP) is 2.05. The maximum atomic E-state index is 12.2. The fourth-order valence-corrected chi connectivity index (χ4v) is 5.82. The second kappa shape index (κ2) is 16.2. The molecule has 4 heterocycles. The predicted molar refractivity (Wildman–Crippen MR) is 163 cm³/mol. The third-order valence-electron chi connectivity index (χ3n) is 8.33. The topological polar surface area (TPSA) is 183 Å². The van der Waals surface area contributed by atoms with Gasteiger partial charge in [-0.15, -0.1) is 0 Å². The van der Waals surface area contributed by atoms with Crippen molar-refractivity contribution < 1.29 is 53.7 Å². The van der Waals surface area contributed by atoms with Crippen molar-refractivity contribution in [2.24, 2.45) is 5.92 Å². The van der Waals surface area contributed by atoms with Crippen molar-refractivity contribution in [2.45, 2.75) is 120 Å². The number of carbonyl (C=O) groups excluding carboxylic acids is 1. The Labute approximate surface area is 264 Å². The van der Waals surface area contributed by atoms with E-state index in [1.807, 2.05) is 31.2 Å². The monoisotopic (exact) mass is 633 g/mol. The molecule has 3 fully saturated rings. The molecule has 0 saturated carbocycles. The maximum absolute atomic E-state index is 12.2. The molecule has 4 aliphatic heterocycles. The molecular weight excluding hydrogens is 586 g/mol. The zero-order valence-corrected chi connectivity index (χ0v) is 26.0. The van der Waals surface area contributed by atoms with E-state index < -0.39 is 60.5 Å². The van der Waals surface area contributed by atoms with Crippen LogP contribution in [0.1, 0.15) is 52.9 Å². The molecule has 12 nitrogen and oxygen atoms in total. The number of carboxylic acid groups (broad SMARTS) is 1. The lowest BCUT2D eigenvalue weighted by molar-refractivity contribution is -0.288. The van der Waals surface area contributed by atoms with Crippen LogP contribution in [0.25, 0.3) is 0 Å². The summed E-state index contributed by atoms with van der Waals surface area (Å²) in [5, 5.41) is 45.9. The summed E-state index contributed by atoms with van der Waals surface area (Å²) in [6, 6.07) is -0.0867. The first-order valence-electron chi connectivity index (χ1n) is 15.7. The van der Waals surface area contributed by atoms with Gasteiger partial charge in [0.1, 0.15) is 12.2 Å². The van der Waals surface area contributed by atoms with Crippen LogP contribution >= 0.6 is 0 Å². The Kier molecular flexibility index (Phi) is 12.7. The summed E-state index contributed by atoms with van der Waals surface area (Å²) in [7, 11) is 0. The molecule has 0 aromatic rings. The van der Waals surface area contributed by atoms with E-state index in [2.05, 4.69) is 5.32 Å². The number of nitrogens with one attached hydrogen (secondary N) is 1. The highest BCUT2D eigenvalue weighted by molar-refractivity contribution is 5.82. The third kappa shape index (κ3) is 10.7. The van der Waals surface area contributed by atoms with E-state index in [-0.39, 0.29) is 56.6 Å². The quantitative estimate of drug-likeness (QED) is 0.226. The molecule has 3 saturated heterocycles. The number of aliphatic hydroxyl groups excluding tert-OH is 2. The van der Waals surface area contributed by atoms with Crippen molar-refractivity contribution in [3.8, 4) is 0 Å². The number of allylic oxidation sites excluding steroid dienone is 6. The van der Waals surface area contributed by atoms with Gasteiger partial charge in [0.25, 0.3) is 0 Å². The highest BCUT2D eigenvalue weighted by Gasteiger charge is 2.54. The van der Waals surface area contributed by atoms with Gasteiger partial charge < -0.3 is 49.4 Å². The van der Waals surface area contributed by atoms with Crippen LogP contribution in [0.2, 0.25) is 0 Å². The second-order valence-electron chi connectivity index (χ2n) is 12.2. The SMILES string of the molecule is CC1OC(O[C@H]2/C=C/C=C/C=C/C=C/C[C@@H](C)OC(=O)/C=C/[C@H](C)OC[C@H](O)C[C@]3(O)CC[C@@H](C(=O)O)[C@H](C2)O3)C(O)C2NC12. The van der Waals surface area contributed by atoms with Gasteiger partial charge in [-0.1, -0.05) is 48.6 Å². The van der Waals surface area contributed by atoms with Gasteiger partial charge in [0.15, 0.2) is 12.1 Å². The van der Waals surface area contributed by atoms with Crippen LogP contribution < -0.4 is 5.32 Å². The van der Waals surface area contributed by atoms with Crippen LogP contribution in [-0.4, -0.2) is 106 Å². The number of hydrogen-bond acceptors (Lipinski definition) is 11. The average molecular weight is 634 g/mol. The van der Waals surface area contributed by atoms with E-state index in [0.717, 1.165) is 0 Å². The standard InChI is InChI=1S/C33H47NO11/c1-20-13-14-27(36)42-21(2)11-9-7-5-4-6-8-10-12-24(44-32-30(37)29-28(34-29)22(3)43-32)17-26-25(31(38)39)15-16-33(40,45-26)18-23(35)19-41-20/h4-10,12-14,20-26,28-30,32,34-35,37,40H,11,15-19H2,1-3H3,(H,38,39)/b5-4+,8-6+,9-7+,12-10+,14-13+/t20-,21+,22?,23+,24-,25+,26-,28?,29?,30?,32?,33-/m0/s1. The Hall–Kier alpha value is -2.68. The molecule has 5 N–H and O–H groups in total. The first-order valence-corrected chi connectivity index (χ1v) is 15.7. The molecule has 12 heteroatoms. The van der Waals surface area contributed by atoms with Gasteiger partial charge in [-0.2, -0.15) is 0 Å². The first-order chi connectivity index (χ1) is 21.4. The number of rotatable bonds is 3. The maximum Gasteiger partial charge on any atom is 0.330 e. The summed E-state index contributed by atoms with van der Waals surface area (Å²) in [6.45, 7) is 5.24. The second-order valence-corrected chi connectivity index (χ2v) is 12.2. The van der Waals surface area contributed by atoms with Gasteiger partial charge in [-0.3, -0.25) is 4.79 Å². The summed E-state index contributed by atoms with van der Waals surface area (Å²) in [4.78, 5) is 24.3. The van der Waals surface area contributed by atoms with E-state index in [1.165, 1.54) is 12.2 Å². The summed E-state index contributed by atoms with van der Waals surface area (Å²) in [5.41, 5.74) is 0. The van der Waals surface area contributed by atoms with E-state index in [9.17, 15) is 30.0 Å². The summed E-state index contributed by atoms with van der Waals surface area (Å²) in [6.07, 6.45) is 12.0. The lowest BCUT2D eigenvalue weighted by Crippen LogP contribution is -2.51. The van der Waals surface area contributed by atoms with Gasteiger partial charge in [0, 0.05) is 31.8 Å². The molecule has 0 amide bonds. The smallest absolute Gasteiger partial charge is 0.330 e. The van der Waals surface area contributed by atoms with Crippen molar-refractivity contribution in [3.63, 3.8) is 0 Å². The normalized spacial score (nSPS) is 45.5. The van der Waals surface area contributed by atoms with Crippen molar-refractivity contribution in [1.82, 2.24) is 5.32 Å². The minimum atomic E-state index is -1.81. The van der Waals surface area contributed by atoms with Crippen molar-refractivity contribution in [2.75, 3.05) is 6.61 Å². The summed E-state index contributed by atoms with van der Waals surface area (Å²) < 4.78 is 29.2.